The molecule has 1 amide bonds. The van der Waals surface area contributed by atoms with Crippen LogP contribution in [0.3, 0.4) is 0 Å². The fraction of sp³-hybridized carbons (Fsp3) is 0.650. The third-order valence-electron chi connectivity index (χ3n) is 5.37. The summed E-state index contributed by atoms with van der Waals surface area (Å²) in [6.45, 7) is 7.58. The molecule has 1 heterocycles. The van der Waals surface area contributed by atoms with Crippen molar-refractivity contribution < 1.29 is 26.4 Å². The Morgan fingerprint density at radius 3 is 2.18 bits per heavy atom. The summed E-state index contributed by atoms with van der Waals surface area (Å²) in [5, 5.41) is 0. The molecule has 1 aliphatic rings. The number of piperidine rings is 1. The molecule has 0 bridgehead atoms. The minimum absolute atomic E-state index is 0.0288. The van der Waals surface area contributed by atoms with Crippen molar-refractivity contribution >= 4 is 15.7 Å². The molecule has 0 saturated carbocycles. The Morgan fingerprint density at radius 2 is 1.71 bits per heavy atom. The number of amides is 1. The number of hydrogen-bond donors (Lipinski definition) is 0. The van der Waals surface area contributed by atoms with Gasteiger partial charge < -0.3 is 4.90 Å². The zero-order valence-electron chi connectivity index (χ0n) is 16.8. The molecule has 1 aromatic carbocycles. The number of benzene rings is 1. The maximum absolute atomic E-state index is 12.8. The van der Waals surface area contributed by atoms with Crippen LogP contribution >= 0.6 is 0 Å². The van der Waals surface area contributed by atoms with Crippen molar-refractivity contribution in [3.05, 3.63) is 34.9 Å². The SMILES string of the molecule is Cc1cc(C(F)(F)F)ccc1CC(=O)N1CCC(CS(=O)(=O)C(C)(C)C)CC1. The Hall–Kier alpha value is -1.57. The number of aryl methyl sites for hydroxylation is 1. The lowest BCUT2D eigenvalue weighted by molar-refractivity contribution is -0.137. The first-order valence-electron chi connectivity index (χ1n) is 9.37. The number of alkyl halides is 3. The number of carbonyl (C=O) groups excluding carboxylic acids is 1. The fourth-order valence-electron chi connectivity index (χ4n) is 3.25. The van der Waals surface area contributed by atoms with Gasteiger partial charge in [0.25, 0.3) is 0 Å². The molecule has 1 fully saturated rings. The van der Waals surface area contributed by atoms with E-state index in [1.165, 1.54) is 6.07 Å². The van der Waals surface area contributed by atoms with E-state index in [-0.39, 0.29) is 24.0 Å². The number of nitrogens with zero attached hydrogens (tertiary/aromatic N) is 1. The van der Waals surface area contributed by atoms with Crippen molar-refractivity contribution in [3.8, 4) is 0 Å². The highest BCUT2D eigenvalue weighted by atomic mass is 32.2. The molecule has 0 radical (unpaired) electrons. The number of carbonyl (C=O) groups is 1. The molecule has 1 saturated heterocycles. The van der Waals surface area contributed by atoms with E-state index >= 15 is 0 Å². The lowest BCUT2D eigenvalue weighted by Crippen LogP contribution is -2.42. The quantitative estimate of drug-likeness (QED) is 0.741. The van der Waals surface area contributed by atoms with Gasteiger partial charge in [-0.2, -0.15) is 13.2 Å². The van der Waals surface area contributed by atoms with Gasteiger partial charge in [0, 0.05) is 13.1 Å². The smallest absolute Gasteiger partial charge is 0.342 e. The van der Waals surface area contributed by atoms with Crippen LogP contribution < -0.4 is 0 Å². The summed E-state index contributed by atoms with van der Waals surface area (Å²) in [4.78, 5) is 14.2. The molecule has 2 rings (SSSR count). The largest absolute Gasteiger partial charge is 0.416 e. The van der Waals surface area contributed by atoms with Gasteiger partial charge in [-0.25, -0.2) is 8.42 Å². The predicted molar refractivity (Wildman–Crippen MR) is 103 cm³/mol. The van der Waals surface area contributed by atoms with E-state index in [2.05, 4.69) is 0 Å². The van der Waals surface area contributed by atoms with Crippen LogP contribution in [-0.2, 0) is 27.2 Å². The normalized spacial score (nSPS) is 17.0. The van der Waals surface area contributed by atoms with Crippen LogP contribution in [0.25, 0.3) is 0 Å². The second-order valence-corrected chi connectivity index (χ2v) is 11.3. The van der Waals surface area contributed by atoms with Crippen LogP contribution in [-0.4, -0.2) is 42.8 Å². The average molecular weight is 420 g/mol. The molecule has 0 N–H and O–H groups in total. The number of sulfone groups is 1. The van der Waals surface area contributed by atoms with E-state index in [1.54, 1.807) is 32.6 Å². The maximum Gasteiger partial charge on any atom is 0.416 e. The van der Waals surface area contributed by atoms with Crippen molar-refractivity contribution in [3.63, 3.8) is 0 Å². The van der Waals surface area contributed by atoms with Gasteiger partial charge in [0.1, 0.15) is 0 Å². The first-order valence-corrected chi connectivity index (χ1v) is 11.0. The van der Waals surface area contributed by atoms with Gasteiger partial charge >= 0.3 is 6.18 Å². The van der Waals surface area contributed by atoms with Crippen LogP contribution in [0.2, 0.25) is 0 Å². The van der Waals surface area contributed by atoms with Crippen molar-refractivity contribution in [2.75, 3.05) is 18.8 Å². The topological polar surface area (TPSA) is 54.5 Å². The lowest BCUT2D eigenvalue weighted by Gasteiger charge is -2.33. The summed E-state index contributed by atoms with van der Waals surface area (Å²) < 4.78 is 62.2. The Labute approximate surface area is 165 Å². The molecule has 0 aliphatic carbocycles. The molecule has 0 aromatic heterocycles. The number of likely N-dealkylation sites (tertiary alicyclic amines) is 1. The molecule has 28 heavy (non-hydrogen) atoms. The molecule has 158 valence electrons. The lowest BCUT2D eigenvalue weighted by atomic mass is 9.97. The first kappa shape index (κ1) is 22.7. The van der Waals surface area contributed by atoms with Gasteiger partial charge in [-0.05, 0) is 69.7 Å². The first-order chi connectivity index (χ1) is 12.7. The molecule has 0 unspecified atom stereocenters. The number of hydrogen-bond acceptors (Lipinski definition) is 3. The zero-order chi connectivity index (χ0) is 21.3. The standard InChI is InChI=1S/C20H28F3NO3S/c1-14-11-17(20(21,22)23)6-5-16(14)12-18(25)24-9-7-15(8-10-24)13-28(26,27)19(2,3)4/h5-6,11,15H,7-10,12-13H2,1-4H3. The second-order valence-electron chi connectivity index (χ2n) is 8.53. The highest BCUT2D eigenvalue weighted by Gasteiger charge is 2.34. The third-order valence-corrected chi connectivity index (χ3v) is 8.14. The number of halogens is 3. The summed E-state index contributed by atoms with van der Waals surface area (Å²) in [5.41, 5.74) is 0.298. The van der Waals surface area contributed by atoms with Crippen molar-refractivity contribution in [2.45, 2.75) is 57.9 Å². The van der Waals surface area contributed by atoms with Crippen LogP contribution in [0, 0.1) is 12.8 Å². The maximum atomic E-state index is 12.8. The number of rotatable bonds is 4. The Bertz CT molecular complexity index is 818. The molecular weight excluding hydrogens is 391 g/mol. The van der Waals surface area contributed by atoms with Gasteiger partial charge in [-0.15, -0.1) is 0 Å². The molecule has 4 nitrogen and oxygen atoms in total. The minimum Gasteiger partial charge on any atom is -0.342 e. The van der Waals surface area contributed by atoms with Crippen LogP contribution in [0.4, 0.5) is 13.2 Å². The van der Waals surface area contributed by atoms with Crippen LogP contribution in [0.5, 0.6) is 0 Å². The van der Waals surface area contributed by atoms with E-state index in [0.29, 0.717) is 37.1 Å². The van der Waals surface area contributed by atoms with E-state index < -0.39 is 26.3 Å². The Balaban J connectivity index is 1.94. The molecule has 8 heteroatoms. The summed E-state index contributed by atoms with van der Waals surface area (Å²) in [5.74, 6) is 0.0114. The van der Waals surface area contributed by atoms with Gasteiger partial charge in [-0.1, -0.05) is 6.07 Å². The molecular formula is C20H28F3NO3S. The molecule has 1 aromatic rings. The van der Waals surface area contributed by atoms with E-state index in [4.69, 9.17) is 0 Å². The molecule has 1 aliphatic heterocycles. The third kappa shape index (κ3) is 5.49. The highest BCUT2D eigenvalue weighted by Crippen LogP contribution is 2.31. The van der Waals surface area contributed by atoms with Gasteiger partial charge in [0.2, 0.25) is 5.91 Å². The van der Waals surface area contributed by atoms with E-state index in [0.717, 1.165) is 12.1 Å². The summed E-state index contributed by atoms with van der Waals surface area (Å²) in [6.07, 6.45) is -3.11. The Morgan fingerprint density at radius 1 is 1.14 bits per heavy atom. The van der Waals surface area contributed by atoms with E-state index in [1.807, 2.05) is 0 Å². The molecule has 0 spiro atoms. The zero-order valence-corrected chi connectivity index (χ0v) is 17.6. The van der Waals surface area contributed by atoms with Crippen LogP contribution in [0.15, 0.2) is 18.2 Å². The van der Waals surface area contributed by atoms with Crippen LogP contribution in [0.1, 0.15) is 50.3 Å². The second kappa shape index (κ2) is 8.05. The summed E-state index contributed by atoms with van der Waals surface area (Å²) in [6, 6.07) is 3.42. The highest BCUT2D eigenvalue weighted by molar-refractivity contribution is 7.92. The fourth-order valence-corrected chi connectivity index (χ4v) is 4.71. The molecule has 0 atom stereocenters. The Kier molecular flexibility index (Phi) is 6.53. The minimum atomic E-state index is -4.40. The van der Waals surface area contributed by atoms with Gasteiger partial charge in [0.15, 0.2) is 9.84 Å². The summed E-state index contributed by atoms with van der Waals surface area (Å²) in [7, 11) is -3.20. The van der Waals surface area contributed by atoms with Crippen molar-refractivity contribution in [1.29, 1.82) is 0 Å². The summed E-state index contributed by atoms with van der Waals surface area (Å²) >= 11 is 0. The van der Waals surface area contributed by atoms with Crippen molar-refractivity contribution in [2.24, 2.45) is 5.92 Å². The average Bonchev–Trinajstić information content (AvgIpc) is 2.55. The van der Waals surface area contributed by atoms with E-state index in [9.17, 15) is 26.4 Å². The van der Waals surface area contributed by atoms with Gasteiger partial charge in [-0.3, -0.25) is 4.79 Å². The van der Waals surface area contributed by atoms with Gasteiger partial charge in [0.05, 0.1) is 22.5 Å². The van der Waals surface area contributed by atoms with Crippen molar-refractivity contribution in [1.82, 2.24) is 4.90 Å². The predicted octanol–water partition coefficient (Wildman–Crippen LogP) is 4.01. The monoisotopic (exact) mass is 419 g/mol.